The van der Waals surface area contributed by atoms with Crippen molar-refractivity contribution in [1.29, 1.82) is 0 Å². The number of unbranched alkanes of at least 4 members (excludes halogenated alkanes) is 3. The van der Waals surface area contributed by atoms with Crippen molar-refractivity contribution in [1.82, 2.24) is 10.6 Å². The quantitative estimate of drug-likeness (QED) is 0.595. The summed E-state index contributed by atoms with van der Waals surface area (Å²) in [6.07, 6.45) is 6.36. The number of rotatable bonds is 9. The summed E-state index contributed by atoms with van der Waals surface area (Å²) in [5.41, 5.74) is 0.219. The zero-order valence-corrected chi connectivity index (χ0v) is 11.4. The van der Waals surface area contributed by atoms with Crippen LogP contribution in [-0.2, 0) is 4.79 Å². The summed E-state index contributed by atoms with van der Waals surface area (Å²) in [4.78, 5) is 11.3. The number of nitrogens with one attached hydrogen (secondary N) is 2. The molecule has 0 bridgehead atoms. The zero-order valence-electron chi connectivity index (χ0n) is 11.4. The van der Waals surface area contributed by atoms with Crippen LogP contribution in [0.2, 0.25) is 0 Å². The molecule has 0 aliphatic heterocycles. The first-order valence-corrected chi connectivity index (χ1v) is 6.43. The van der Waals surface area contributed by atoms with E-state index in [1.165, 1.54) is 32.1 Å². The third kappa shape index (κ3) is 8.72. The summed E-state index contributed by atoms with van der Waals surface area (Å²) in [5, 5.41) is 5.81. The molecule has 1 amide bonds. The Bertz CT molecular complexity index is 190. The maximum atomic E-state index is 11.3. The fourth-order valence-electron chi connectivity index (χ4n) is 1.68. The van der Waals surface area contributed by atoms with Crippen LogP contribution in [0, 0.1) is 5.41 Å². The molecule has 0 aliphatic carbocycles. The number of likely N-dealkylation sites (N-methyl/N-ethyl adjacent to an activating group) is 1. The number of carbonyl (C=O) groups is 1. The summed E-state index contributed by atoms with van der Waals surface area (Å²) < 4.78 is 0. The SMILES string of the molecule is CCCCCCC(C)(C)CNC(=O)CNC. The van der Waals surface area contributed by atoms with Crippen LogP contribution in [0.5, 0.6) is 0 Å². The van der Waals surface area contributed by atoms with Crippen LogP contribution in [0.25, 0.3) is 0 Å². The minimum atomic E-state index is 0.0872. The summed E-state index contributed by atoms with van der Waals surface area (Å²) in [5.74, 6) is 0.0872. The molecule has 0 radical (unpaired) electrons. The molecule has 96 valence electrons. The van der Waals surface area contributed by atoms with Crippen LogP contribution in [0.15, 0.2) is 0 Å². The smallest absolute Gasteiger partial charge is 0.233 e. The Morgan fingerprint density at radius 3 is 2.44 bits per heavy atom. The van der Waals surface area contributed by atoms with Gasteiger partial charge in [0.1, 0.15) is 0 Å². The number of amides is 1. The van der Waals surface area contributed by atoms with E-state index in [0.29, 0.717) is 6.54 Å². The average Bonchev–Trinajstić information content (AvgIpc) is 2.22. The van der Waals surface area contributed by atoms with Gasteiger partial charge in [-0.2, -0.15) is 0 Å². The lowest BCUT2D eigenvalue weighted by Crippen LogP contribution is -2.38. The molecule has 3 heteroatoms. The number of carbonyl (C=O) groups excluding carboxylic acids is 1. The van der Waals surface area contributed by atoms with Gasteiger partial charge in [0.25, 0.3) is 0 Å². The van der Waals surface area contributed by atoms with E-state index in [1.54, 1.807) is 7.05 Å². The Balaban J connectivity index is 3.64. The lowest BCUT2D eigenvalue weighted by molar-refractivity contribution is -0.120. The Morgan fingerprint density at radius 1 is 1.19 bits per heavy atom. The Kier molecular flexibility index (Phi) is 8.26. The van der Waals surface area contributed by atoms with E-state index in [4.69, 9.17) is 0 Å². The molecule has 0 aromatic heterocycles. The van der Waals surface area contributed by atoms with Crippen LogP contribution in [0.3, 0.4) is 0 Å². The van der Waals surface area contributed by atoms with E-state index in [-0.39, 0.29) is 11.3 Å². The van der Waals surface area contributed by atoms with Gasteiger partial charge in [-0.05, 0) is 18.9 Å². The van der Waals surface area contributed by atoms with Crippen molar-refractivity contribution in [3.63, 3.8) is 0 Å². The number of hydrogen-bond donors (Lipinski definition) is 2. The molecule has 0 saturated carbocycles. The first kappa shape index (κ1) is 15.4. The van der Waals surface area contributed by atoms with E-state index in [0.717, 1.165) is 6.54 Å². The van der Waals surface area contributed by atoms with Crippen molar-refractivity contribution in [3.05, 3.63) is 0 Å². The lowest BCUT2D eigenvalue weighted by atomic mass is 9.86. The highest BCUT2D eigenvalue weighted by Crippen LogP contribution is 2.22. The molecular weight excluding hydrogens is 200 g/mol. The molecule has 3 nitrogen and oxygen atoms in total. The normalized spacial score (nSPS) is 11.5. The Morgan fingerprint density at radius 2 is 1.88 bits per heavy atom. The van der Waals surface area contributed by atoms with Crippen molar-refractivity contribution in [2.24, 2.45) is 5.41 Å². The van der Waals surface area contributed by atoms with E-state index >= 15 is 0 Å². The van der Waals surface area contributed by atoms with Crippen LogP contribution in [-0.4, -0.2) is 26.0 Å². The average molecular weight is 228 g/mol. The van der Waals surface area contributed by atoms with Gasteiger partial charge in [-0.1, -0.05) is 46.5 Å². The molecule has 0 atom stereocenters. The summed E-state index contributed by atoms with van der Waals surface area (Å²) >= 11 is 0. The summed E-state index contributed by atoms with van der Waals surface area (Å²) in [6.45, 7) is 7.85. The molecule has 0 unspecified atom stereocenters. The predicted octanol–water partition coefficient (Wildman–Crippen LogP) is 2.32. The van der Waals surface area contributed by atoms with Crippen molar-refractivity contribution in [2.75, 3.05) is 20.1 Å². The van der Waals surface area contributed by atoms with Gasteiger partial charge in [-0.3, -0.25) is 4.79 Å². The lowest BCUT2D eigenvalue weighted by Gasteiger charge is -2.25. The van der Waals surface area contributed by atoms with Crippen molar-refractivity contribution in [2.45, 2.75) is 52.9 Å². The second-order valence-electron chi connectivity index (χ2n) is 5.28. The fraction of sp³-hybridized carbons (Fsp3) is 0.923. The van der Waals surface area contributed by atoms with Crippen LogP contribution in [0.4, 0.5) is 0 Å². The Labute approximate surface area is 100 Å². The highest BCUT2D eigenvalue weighted by Gasteiger charge is 2.17. The topological polar surface area (TPSA) is 41.1 Å². The molecular formula is C13H28N2O. The predicted molar refractivity (Wildman–Crippen MR) is 69.5 cm³/mol. The standard InChI is InChI=1S/C13H28N2O/c1-5-6-7-8-9-13(2,3)11-15-12(16)10-14-4/h14H,5-11H2,1-4H3,(H,15,16). The van der Waals surface area contributed by atoms with Gasteiger partial charge < -0.3 is 10.6 Å². The summed E-state index contributed by atoms with van der Waals surface area (Å²) in [6, 6.07) is 0. The summed E-state index contributed by atoms with van der Waals surface area (Å²) in [7, 11) is 1.79. The molecule has 16 heavy (non-hydrogen) atoms. The minimum absolute atomic E-state index is 0.0872. The molecule has 0 rings (SSSR count). The van der Waals surface area contributed by atoms with Crippen LogP contribution in [0.1, 0.15) is 52.9 Å². The van der Waals surface area contributed by atoms with Crippen molar-refractivity contribution < 1.29 is 4.79 Å². The van der Waals surface area contributed by atoms with Gasteiger partial charge in [-0.15, -0.1) is 0 Å². The molecule has 0 spiro atoms. The van der Waals surface area contributed by atoms with E-state index in [1.807, 2.05) is 0 Å². The van der Waals surface area contributed by atoms with Gasteiger partial charge in [0.2, 0.25) is 5.91 Å². The second-order valence-corrected chi connectivity index (χ2v) is 5.28. The van der Waals surface area contributed by atoms with Gasteiger partial charge in [-0.25, -0.2) is 0 Å². The van der Waals surface area contributed by atoms with Crippen molar-refractivity contribution in [3.8, 4) is 0 Å². The molecule has 0 heterocycles. The third-order valence-electron chi connectivity index (χ3n) is 2.81. The van der Waals surface area contributed by atoms with E-state index in [2.05, 4.69) is 31.4 Å². The highest BCUT2D eigenvalue weighted by atomic mass is 16.1. The van der Waals surface area contributed by atoms with E-state index in [9.17, 15) is 4.79 Å². The molecule has 0 aromatic rings. The molecule has 2 N–H and O–H groups in total. The first-order chi connectivity index (χ1) is 7.52. The molecule has 0 aliphatic rings. The largest absolute Gasteiger partial charge is 0.354 e. The van der Waals surface area contributed by atoms with E-state index < -0.39 is 0 Å². The fourth-order valence-corrected chi connectivity index (χ4v) is 1.68. The molecule has 0 aromatic carbocycles. The second kappa shape index (κ2) is 8.57. The van der Waals surface area contributed by atoms with Crippen LogP contribution >= 0.6 is 0 Å². The minimum Gasteiger partial charge on any atom is -0.354 e. The van der Waals surface area contributed by atoms with Gasteiger partial charge >= 0.3 is 0 Å². The third-order valence-corrected chi connectivity index (χ3v) is 2.81. The highest BCUT2D eigenvalue weighted by molar-refractivity contribution is 5.77. The van der Waals surface area contributed by atoms with Crippen LogP contribution < -0.4 is 10.6 Å². The molecule has 0 saturated heterocycles. The monoisotopic (exact) mass is 228 g/mol. The zero-order chi connectivity index (χ0) is 12.4. The van der Waals surface area contributed by atoms with Crippen molar-refractivity contribution >= 4 is 5.91 Å². The van der Waals surface area contributed by atoms with Gasteiger partial charge in [0.05, 0.1) is 6.54 Å². The first-order valence-electron chi connectivity index (χ1n) is 6.43. The van der Waals surface area contributed by atoms with Gasteiger partial charge in [0.15, 0.2) is 0 Å². The molecule has 0 fully saturated rings. The Hall–Kier alpha value is -0.570. The maximum absolute atomic E-state index is 11.3. The van der Waals surface area contributed by atoms with Gasteiger partial charge in [0, 0.05) is 6.54 Å². The number of hydrogen-bond acceptors (Lipinski definition) is 2. The maximum Gasteiger partial charge on any atom is 0.233 e.